The number of methoxy groups -OCH3 is 1. The molecule has 0 N–H and O–H groups in total. The van der Waals surface area contributed by atoms with E-state index < -0.39 is 11.9 Å². The van der Waals surface area contributed by atoms with Gasteiger partial charge in [0.25, 0.3) is 0 Å². The third-order valence-electron chi connectivity index (χ3n) is 1.16. The number of pyridine rings is 1. The summed E-state index contributed by atoms with van der Waals surface area (Å²) in [5, 5.41) is 0. The van der Waals surface area contributed by atoms with Gasteiger partial charge in [0.15, 0.2) is 5.69 Å². The molecule has 0 saturated carbocycles. The van der Waals surface area contributed by atoms with Gasteiger partial charge in [-0.2, -0.15) is 13.2 Å². The first-order chi connectivity index (χ1) is 5.54. The van der Waals surface area contributed by atoms with Crippen molar-refractivity contribution in [2.24, 2.45) is 0 Å². The van der Waals surface area contributed by atoms with Crippen molar-refractivity contribution in [3.8, 4) is 5.75 Å². The lowest BCUT2D eigenvalue weighted by molar-refractivity contribution is -0.141. The molecule has 0 aliphatic rings. The number of alkyl halides is 3. The van der Waals surface area contributed by atoms with Gasteiger partial charge < -0.3 is 4.74 Å². The summed E-state index contributed by atoms with van der Waals surface area (Å²) in [6, 6.07) is 3.28. The van der Waals surface area contributed by atoms with E-state index in [0.717, 1.165) is 6.20 Å². The molecule has 1 radical (unpaired) electrons. The van der Waals surface area contributed by atoms with E-state index in [4.69, 9.17) is 0 Å². The van der Waals surface area contributed by atoms with Crippen molar-refractivity contribution in [3.05, 3.63) is 24.0 Å². The summed E-state index contributed by atoms with van der Waals surface area (Å²) in [5.41, 5.74) is -1.07. The van der Waals surface area contributed by atoms with Gasteiger partial charge in [0.2, 0.25) is 0 Å². The zero-order valence-corrected chi connectivity index (χ0v) is 6.14. The Hall–Kier alpha value is -1.26. The van der Waals surface area contributed by atoms with Crippen molar-refractivity contribution in [1.29, 1.82) is 0 Å². The fourth-order valence-corrected chi connectivity index (χ4v) is 0.633. The topological polar surface area (TPSA) is 22.1 Å². The Labute approximate surface area is 67.0 Å². The van der Waals surface area contributed by atoms with Crippen molar-refractivity contribution < 1.29 is 17.9 Å². The van der Waals surface area contributed by atoms with Gasteiger partial charge in [-0.25, -0.2) is 0 Å². The number of nitrogens with zero attached hydrogens (tertiary/aromatic N) is 1. The van der Waals surface area contributed by atoms with Crippen LogP contribution < -0.4 is 4.74 Å². The second-order valence-corrected chi connectivity index (χ2v) is 1.98. The van der Waals surface area contributed by atoms with Crippen LogP contribution in [0.1, 0.15) is 5.69 Å². The van der Waals surface area contributed by atoms with Crippen LogP contribution in [0.15, 0.2) is 12.3 Å². The van der Waals surface area contributed by atoms with Gasteiger partial charge in [-0.1, -0.05) is 0 Å². The minimum atomic E-state index is -4.46. The van der Waals surface area contributed by atoms with Gasteiger partial charge >= 0.3 is 6.18 Å². The maximum absolute atomic E-state index is 12.0. The number of ether oxygens (including phenoxy) is 1. The molecule has 0 saturated heterocycles. The van der Waals surface area contributed by atoms with Crippen LogP contribution in [0.2, 0.25) is 0 Å². The Morgan fingerprint density at radius 3 is 2.67 bits per heavy atom. The molecule has 0 amide bonds. The minimum Gasteiger partial charge on any atom is -0.496 e. The molecule has 0 unspecified atom stereocenters. The van der Waals surface area contributed by atoms with Gasteiger partial charge in [0.05, 0.1) is 13.2 Å². The highest BCUT2D eigenvalue weighted by Crippen LogP contribution is 2.28. The Morgan fingerprint density at radius 1 is 1.50 bits per heavy atom. The summed E-state index contributed by atoms with van der Waals surface area (Å²) in [6.45, 7) is 0. The summed E-state index contributed by atoms with van der Waals surface area (Å²) in [7, 11) is 1.27. The molecule has 0 atom stereocenters. The molecule has 12 heavy (non-hydrogen) atoms. The number of halogens is 3. The standard InChI is InChI=1S/C7H5F3NO/c1-12-5-2-3-11-6(4-5)7(8,9)10/h2-3H,1H3. The largest absolute Gasteiger partial charge is 0.496 e. The summed E-state index contributed by atoms with van der Waals surface area (Å²) in [4.78, 5) is 3.10. The van der Waals surface area contributed by atoms with E-state index in [0.29, 0.717) is 0 Å². The van der Waals surface area contributed by atoms with Crippen LogP contribution in [0.3, 0.4) is 0 Å². The molecule has 0 aliphatic heterocycles. The quantitative estimate of drug-likeness (QED) is 0.652. The Morgan fingerprint density at radius 2 is 2.17 bits per heavy atom. The van der Waals surface area contributed by atoms with Crippen LogP contribution in [0.25, 0.3) is 0 Å². The average Bonchev–Trinajstić information content (AvgIpc) is 2.03. The van der Waals surface area contributed by atoms with Crippen LogP contribution in [0, 0.1) is 6.07 Å². The summed E-state index contributed by atoms with van der Waals surface area (Å²) in [5.74, 6) is 0.0253. The van der Waals surface area contributed by atoms with Crippen LogP contribution in [-0.4, -0.2) is 12.1 Å². The lowest BCUT2D eigenvalue weighted by atomic mass is 10.3. The predicted molar refractivity (Wildman–Crippen MR) is 34.6 cm³/mol. The highest BCUT2D eigenvalue weighted by molar-refractivity contribution is 5.21. The molecule has 5 heteroatoms. The van der Waals surface area contributed by atoms with Gasteiger partial charge in [-0.15, -0.1) is 0 Å². The first kappa shape index (κ1) is 8.83. The van der Waals surface area contributed by atoms with E-state index in [1.54, 1.807) is 0 Å². The van der Waals surface area contributed by atoms with Crippen molar-refractivity contribution >= 4 is 0 Å². The van der Waals surface area contributed by atoms with Crippen LogP contribution >= 0.6 is 0 Å². The smallest absolute Gasteiger partial charge is 0.434 e. The highest BCUT2D eigenvalue weighted by atomic mass is 19.4. The lowest BCUT2D eigenvalue weighted by Crippen LogP contribution is -2.07. The van der Waals surface area contributed by atoms with Gasteiger partial charge in [-0.05, 0) is 6.07 Å². The molecular weight excluding hydrogens is 171 g/mol. The van der Waals surface area contributed by atoms with E-state index in [2.05, 4.69) is 9.72 Å². The Bertz CT molecular complexity index is 272. The fourth-order valence-electron chi connectivity index (χ4n) is 0.633. The molecule has 0 bridgehead atoms. The number of rotatable bonds is 1. The van der Waals surface area contributed by atoms with Gasteiger partial charge in [0.1, 0.15) is 5.75 Å². The SMILES string of the molecule is COc1[c]c(C(F)(F)F)ncc1. The fraction of sp³-hybridized carbons (Fsp3) is 0.286. The summed E-state index contributed by atoms with van der Waals surface area (Å²) >= 11 is 0. The second-order valence-electron chi connectivity index (χ2n) is 1.98. The molecule has 0 fully saturated rings. The van der Waals surface area contributed by atoms with Crippen LogP contribution in [0.5, 0.6) is 5.75 Å². The van der Waals surface area contributed by atoms with E-state index in [9.17, 15) is 13.2 Å². The summed E-state index contributed by atoms with van der Waals surface area (Å²) < 4.78 is 40.4. The zero-order chi connectivity index (χ0) is 9.19. The highest BCUT2D eigenvalue weighted by Gasteiger charge is 2.32. The molecule has 0 aromatic carbocycles. The van der Waals surface area contributed by atoms with E-state index >= 15 is 0 Å². The van der Waals surface area contributed by atoms with Crippen molar-refractivity contribution in [2.75, 3.05) is 7.11 Å². The molecule has 0 aliphatic carbocycles. The maximum Gasteiger partial charge on any atom is 0.434 e. The zero-order valence-electron chi connectivity index (χ0n) is 6.14. The lowest BCUT2D eigenvalue weighted by Gasteiger charge is -2.05. The summed E-state index contributed by atoms with van der Waals surface area (Å²) in [6.07, 6.45) is -3.44. The second kappa shape index (κ2) is 3.00. The van der Waals surface area contributed by atoms with Gasteiger partial charge in [0, 0.05) is 6.20 Å². The number of hydrogen-bond acceptors (Lipinski definition) is 2. The molecular formula is C7H5F3NO. The van der Waals surface area contributed by atoms with Crippen molar-refractivity contribution in [1.82, 2.24) is 4.98 Å². The predicted octanol–water partition coefficient (Wildman–Crippen LogP) is 1.91. The van der Waals surface area contributed by atoms with E-state index in [-0.39, 0.29) is 5.75 Å². The van der Waals surface area contributed by atoms with Gasteiger partial charge in [-0.3, -0.25) is 4.98 Å². The average molecular weight is 176 g/mol. The van der Waals surface area contributed by atoms with E-state index in [1.165, 1.54) is 13.2 Å². The molecule has 1 rings (SSSR count). The molecule has 2 nitrogen and oxygen atoms in total. The molecule has 1 aromatic rings. The molecule has 1 heterocycles. The molecule has 1 aromatic heterocycles. The van der Waals surface area contributed by atoms with Crippen LogP contribution in [0.4, 0.5) is 13.2 Å². The molecule has 65 valence electrons. The number of aromatic nitrogens is 1. The molecule has 0 spiro atoms. The Balaban J connectivity index is 3.02. The third kappa shape index (κ3) is 1.87. The van der Waals surface area contributed by atoms with Crippen molar-refractivity contribution in [3.63, 3.8) is 0 Å². The minimum absolute atomic E-state index is 0.0253. The van der Waals surface area contributed by atoms with Crippen molar-refractivity contribution in [2.45, 2.75) is 6.18 Å². The van der Waals surface area contributed by atoms with Crippen LogP contribution in [-0.2, 0) is 6.18 Å². The third-order valence-corrected chi connectivity index (χ3v) is 1.16. The first-order valence-corrected chi connectivity index (χ1v) is 3.03. The Kier molecular flexibility index (Phi) is 2.21. The monoisotopic (exact) mass is 176 g/mol. The number of hydrogen-bond donors (Lipinski definition) is 0. The normalized spacial score (nSPS) is 11.3. The first-order valence-electron chi connectivity index (χ1n) is 3.03. The van der Waals surface area contributed by atoms with E-state index in [1.807, 2.05) is 6.07 Å². The maximum atomic E-state index is 12.0.